The third-order valence-electron chi connectivity index (χ3n) is 6.98. The second-order valence-corrected chi connectivity index (χ2v) is 11.0. The van der Waals surface area contributed by atoms with Gasteiger partial charge in [0.2, 0.25) is 15.9 Å². The van der Waals surface area contributed by atoms with E-state index >= 15 is 0 Å². The van der Waals surface area contributed by atoms with Crippen LogP contribution in [0.25, 0.3) is 0 Å². The number of nitrogens with one attached hydrogen (secondary N) is 1. The standard InChI is InChI=1S/C23H25ClFN3O4S/c1-27-20-3-2-16(24)13-18(20)23(22(27)29)5-8-28(9-6-23)10-11-32-17-12-15-4-7-26-33(30,31)21(15)19(25)14-17/h2-3,12-14,26H,4-11H2,1H3. The molecule has 5 rings (SSSR count). The summed E-state index contributed by atoms with van der Waals surface area (Å²) in [7, 11) is -1.99. The normalized spacial score (nSPS) is 21.2. The highest BCUT2D eigenvalue weighted by Gasteiger charge is 2.50. The molecule has 1 fully saturated rings. The lowest BCUT2D eigenvalue weighted by atomic mass is 9.73. The number of piperidine rings is 1. The Hall–Kier alpha value is -2.20. The van der Waals surface area contributed by atoms with Crippen LogP contribution in [0.1, 0.15) is 24.0 Å². The molecule has 7 nitrogen and oxygen atoms in total. The Morgan fingerprint density at radius 1 is 1.21 bits per heavy atom. The van der Waals surface area contributed by atoms with Gasteiger partial charge in [-0.1, -0.05) is 11.6 Å². The van der Waals surface area contributed by atoms with Gasteiger partial charge in [-0.15, -0.1) is 0 Å². The van der Waals surface area contributed by atoms with Gasteiger partial charge in [0.15, 0.2) is 0 Å². The van der Waals surface area contributed by atoms with Crippen LogP contribution in [0.4, 0.5) is 10.1 Å². The second kappa shape index (κ2) is 8.23. The number of amides is 1. The van der Waals surface area contributed by atoms with Crippen molar-refractivity contribution in [3.8, 4) is 5.75 Å². The van der Waals surface area contributed by atoms with E-state index in [0.717, 1.165) is 30.4 Å². The molecule has 10 heteroatoms. The largest absolute Gasteiger partial charge is 0.492 e. The molecule has 3 aliphatic heterocycles. The molecule has 1 N–H and O–H groups in total. The zero-order valence-corrected chi connectivity index (χ0v) is 19.8. The lowest BCUT2D eigenvalue weighted by Crippen LogP contribution is -2.48. The Morgan fingerprint density at radius 3 is 2.73 bits per heavy atom. The smallest absolute Gasteiger partial charge is 0.243 e. The fraction of sp³-hybridized carbons (Fsp3) is 0.435. The van der Waals surface area contributed by atoms with Crippen molar-refractivity contribution in [3.63, 3.8) is 0 Å². The number of benzene rings is 2. The van der Waals surface area contributed by atoms with Crippen molar-refractivity contribution in [2.75, 3.05) is 44.7 Å². The zero-order valence-electron chi connectivity index (χ0n) is 18.2. The number of rotatable bonds is 4. The molecule has 0 bridgehead atoms. The van der Waals surface area contributed by atoms with Crippen LogP contribution in [0.5, 0.6) is 5.75 Å². The second-order valence-electron chi connectivity index (χ2n) is 8.84. The highest BCUT2D eigenvalue weighted by atomic mass is 35.5. The number of likely N-dealkylation sites (tertiary alicyclic amines) is 1. The molecule has 176 valence electrons. The Kier molecular flexibility index (Phi) is 5.63. The summed E-state index contributed by atoms with van der Waals surface area (Å²) in [6, 6.07) is 8.37. The number of nitrogens with zero attached hydrogens (tertiary/aromatic N) is 2. The molecule has 0 aliphatic carbocycles. The summed E-state index contributed by atoms with van der Waals surface area (Å²) in [5.41, 5.74) is 1.83. The van der Waals surface area contributed by atoms with Crippen LogP contribution in [0, 0.1) is 5.82 Å². The average Bonchev–Trinajstić information content (AvgIpc) is 2.96. The minimum absolute atomic E-state index is 0.115. The molecule has 2 aromatic carbocycles. The number of fused-ring (bicyclic) bond motifs is 3. The van der Waals surface area contributed by atoms with Crippen molar-refractivity contribution in [2.24, 2.45) is 0 Å². The predicted octanol–water partition coefficient (Wildman–Crippen LogP) is 2.70. The molecule has 3 aliphatic rings. The monoisotopic (exact) mass is 493 g/mol. The van der Waals surface area contributed by atoms with E-state index in [9.17, 15) is 17.6 Å². The van der Waals surface area contributed by atoms with E-state index in [0.29, 0.717) is 48.7 Å². The van der Waals surface area contributed by atoms with Gasteiger partial charge < -0.3 is 9.64 Å². The van der Waals surface area contributed by atoms with Gasteiger partial charge in [-0.3, -0.25) is 9.69 Å². The summed E-state index contributed by atoms with van der Waals surface area (Å²) in [6.07, 6.45) is 1.81. The summed E-state index contributed by atoms with van der Waals surface area (Å²) in [5.74, 6) is -0.353. The Balaban J connectivity index is 1.22. The first kappa shape index (κ1) is 22.6. The number of carbonyl (C=O) groups excluding carboxylic acids is 1. The lowest BCUT2D eigenvalue weighted by molar-refractivity contribution is -0.124. The highest BCUT2D eigenvalue weighted by Crippen LogP contribution is 2.48. The van der Waals surface area contributed by atoms with Gasteiger partial charge in [0.05, 0.1) is 5.41 Å². The van der Waals surface area contributed by atoms with Gasteiger partial charge in [-0.05, 0) is 67.7 Å². The number of carbonyl (C=O) groups is 1. The molecule has 1 amide bonds. The van der Waals surface area contributed by atoms with Crippen LogP contribution in [0.2, 0.25) is 5.02 Å². The van der Waals surface area contributed by atoms with Crippen molar-refractivity contribution < 1.29 is 22.3 Å². The Bertz CT molecular complexity index is 1230. The summed E-state index contributed by atoms with van der Waals surface area (Å²) >= 11 is 6.23. The van der Waals surface area contributed by atoms with Gasteiger partial charge in [-0.25, -0.2) is 17.5 Å². The molecular weight excluding hydrogens is 469 g/mol. The quantitative estimate of drug-likeness (QED) is 0.708. The number of anilines is 1. The lowest BCUT2D eigenvalue weighted by Gasteiger charge is -2.38. The summed E-state index contributed by atoms with van der Waals surface area (Å²) < 4.78 is 46.6. The molecule has 0 aromatic heterocycles. The van der Waals surface area contributed by atoms with E-state index in [1.54, 1.807) is 11.0 Å². The first-order valence-corrected chi connectivity index (χ1v) is 12.8. The Labute approximate surface area is 197 Å². The minimum Gasteiger partial charge on any atom is -0.492 e. The van der Waals surface area contributed by atoms with Crippen molar-refractivity contribution in [1.82, 2.24) is 9.62 Å². The van der Waals surface area contributed by atoms with E-state index in [4.69, 9.17) is 16.3 Å². The number of likely N-dealkylation sites (N-methyl/N-ethyl adjacent to an activating group) is 1. The van der Waals surface area contributed by atoms with Crippen LogP contribution in [0.3, 0.4) is 0 Å². The summed E-state index contributed by atoms with van der Waals surface area (Å²) in [6.45, 7) is 2.68. The van der Waals surface area contributed by atoms with Crippen LogP contribution < -0.4 is 14.4 Å². The van der Waals surface area contributed by atoms with Crippen LogP contribution >= 0.6 is 11.6 Å². The molecule has 0 unspecified atom stereocenters. The fourth-order valence-electron chi connectivity index (χ4n) is 5.25. The number of ether oxygens (including phenoxy) is 1. The van der Waals surface area contributed by atoms with Crippen LogP contribution in [0.15, 0.2) is 35.2 Å². The van der Waals surface area contributed by atoms with Crippen molar-refractivity contribution in [1.29, 1.82) is 0 Å². The predicted molar refractivity (Wildman–Crippen MR) is 123 cm³/mol. The molecule has 0 radical (unpaired) electrons. The van der Waals surface area contributed by atoms with Crippen molar-refractivity contribution in [3.05, 3.63) is 52.3 Å². The van der Waals surface area contributed by atoms with Crippen molar-refractivity contribution in [2.45, 2.75) is 29.6 Å². The molecule has 33 heavy (non-hydrogen) atoms. The van der Waals surface area contributed by atoms with Gasteiger partial charge in [-0.2, -0.15) is 0 Å². The van der Waals surface area contributed by atoms with E-state index in [2.05, 4.69) is 9.62 Å². The minimum atomic E-state index is -3.80. The third-order valence-corrected chi connectivity index (χ3v) is 8.80. The molecule has 3 heterocycles. The molecule has 2 aromatic rings. The van der Waals surface area contributed by atoms with E-state index in [-0.39, 0.29) is 17.3 Å². The molecule has 1 saturated heterocycles. The third kappa shape index (κ3) is 3.80. The molecule has 0 saturated carbocycles. The van der Waals surface area contributed by atoms with Crippen LogP contribution in [-0.4, -0.2) is 59.1 Å². The maximum absolute atomic E-state index is 14.4. The van der Waals surface area contributed by atoms with Gasteiger partial charge in [0, 0.05) is 36.9 Å². The first-order chi connectivity index (χ1) is 15.7. The van der Waals surface area contributed by atoms with Crippen LogP contribution in [-0.2, 0) is 26.7 Å². The summed E-state index contributed by atoms with van der Waals surface area (Å²) in [4.78, 5) is 16.8. The Morgan fingerprint density at radius 2 is 1.97 bits per heavy atom. The highest BCUT2D eigenvalue weighted by molar-refractivity contribution is 7.89. The van der Waals surface area contributed by atoms with Gasteiger partial charge in [0.25, 0.3) is 0 Å². The zero-order chi connectivity index (χ0) is 23.4. The maximum atomic E-state index is 14.4. The molecule has 0 atom stereocenters. The fourth-order valence-corrected chi connectivity index (χ4v) is 6.76. The molecule has 1 spiro atoms. The SMILES string of the molecule is CN1C(=O)C2(CCN(CCOc3cc(F)c4c(c3)CCNS4(=O)=O)CC2)c2cc(Cl)ccc21. The van der Waals surface area contributed by atoms with Gasteiger partial charge in [0.1, 0.15) is 23.1 Å². The summed E-state index contributed by atoms with van der Waals surface area (Å²) in [5, 5.41) is 0.632. The average molecular weight is 494 g/mol. The number of hydrogen-bond donors (Lipinski definition) is 1. The number of hydrogen-bond acceptors (Lipinski definition) is 5. The van der Waals surface area contributed by atoms with Crippen molar-refractivity contribution >= 4 is 33.2 Å². The van der Waals surface area contributed by atoms with E-state index in [1.807, 2.05) is 25.2 Å². The van der Waals surface area contributed by atoms with E-state index < -0.39 is 21.3 Å². The van der Waals surface area contributed by atoms with E-state index in [1.165, 1.54) is 0 Å². The number of halogens is 2. The number of sulfonamides is 1. The molecular formula is C23H25ClFN3O4S. The topological polar surface area (TPSA) is 79.0 Å². The van der Waals surface area contributed by atoms with Gasteiger partial charge >= 0.3 is 0 Å². The first-order valence-electron chi connectivity index (χ1n) is 11.0. The maximum Gasteiger partial charge on any atom is 0.243 e.